The highest BCUT2D eigenvalue weighted by molar-refractivity contribution is 7.14. The average molecular weight is 578 g/mol. The molecule has 4 aromatic rings. The number of benzene rings is 1. The summed E-state index contributed by atoms with van der Waals surface area (Å²) in [6.07, 6.45) is -5.76. The Morgan fingerprint density at radius 1 is 1.32 bits per heavy atom. The molecule has 4 heterocycles. The maximum Gasteiger partial charge on any atom is 0.430 e. The van der Waals surface area contributed by atoms with Crippen LogP contribution in [-0.4, -0.2) is 60.1 Å². The predicted molar refractivity (Wildman–Crippen MR) is 141 cm³/mol. The van der Waals surface area contributed by atoms with Crippen LogP contribution in [0.2, 0.25) is 0 Å². The Morgan fingerprint density at radius 3 is 2.77 bits per heavy atom. The van der Waals surface area contributed by atoms with Gasteiger partial charge in [-0.3, -0.25) is 14.5 Å². The summed E-state index contributed by atoms with van der Waals surface area (Å²) in [4.78, 5) is 34.4. The van der Waals surface area contributed by atoms with E-state index in [-0.39, 0.29) is 35.1 Å². The summed E-state index contributed by atoms with van der Waals surface area (Å²) >= 11 is 1.04. The molecular weight excluding hydrogens is 555 g/mol. The first-order valence-corrected chi connectivity index (χ1v) is 12.4. The molecule has 1 amide bonds. The summed E-state index contributed by atoms with van der Waals surface area (Å²) in [6, 6.07) is 4.64. The van der Waals surface area contributed by atoms with E-state index in [2.05, 4.69) is 19.4 Å². The van der Waals surface area contributed by atoms with E-state index < -0.39 is 41.7 Å². The second-order valence-corrected chi connectivity index (χ2v) is 9.70. The summed E-state index contributed by atoms with van der Waals surface area (Å²) in [5, 5.41) is 16.1. The Balaban J connectivity index is 1.45. The highest BCUT2D eigenvalue weighted by Crippen LogP contribution is 2.31. The first-order chi connectivity index (χ1) is 18.9. The summed E-state index contributed by atoms with van der Waals surface area (Å²) in [5.74, 6) is -0.584. The summed E-state index contributed by atoms with van der Waals surface area (Å²) in [7, 11) is 0. The van der Waals surface area contributed by atoms with E-state index in [9.17, 15) is 27.9 Å². The molecule has 13 nitrogen and oxygen atoms in total. The SMILES string of the molecule is CC1CN(c2ccn(C(/C=C(\N)C(F)(F)F)=C/N)n2)C(=O)C(C(O)c2nc(=O)c3c(ccc4c(N)nsc43)[nH]2)O1. The molecule has 0 aliphatic carbocycles. The number of morpholine rings is 1. The fraction of sp³-hybridized carbons (Fsp3) is 0.261. The number of anilines is 2. The number of ether oxygens (including phenoxy) is 1. The zero-order chi connectivity index (χ0) is 28.9. The maximum absolute atomic E-state index is 13.4. The number of aliphatic hydroxyl groups excluding tert-OH is 1. The van der Waals surface area contributed by atoms with Crippen molar-refractivity contribution in [1.82, 2.24) is 24.1 Å². The molecule has 1 aromatic carbocycles. The molecule has 8 N–H and O–H groups in total. The standard InChI is InChI=1S/C23H22F3N9O4S/c1-9-8-34(14-4-5-35(32-14)10(7-27)6-13(28)23(24,25)26)22(38)17(39-9)16(36)20-30-12-3-2-11-18(40-33-19(11)29)15(12)21(37)31-20/h2-7,9,16-17,36H,8,27-28H2,1H3,(H2,29,33)(H,30,31,37)/b10-7+,13-6-. The van der Waals surface area contributed by atoms with Gasteiger partial charge in [-0.25, -0.2) is 4.68 Å². The number of amides is 1. The number of aromatic nitrogens is 5. The van der Waals surface area contributed by atoms with Gasteiger partial charge in [0.25, 0.3) is 11.5 Å². The lowest BCUT2D eigenvalue weighted by molar-refractivity contribution is -0.151. The number of H-pyrrole nitrogens is 1. The Labute approximate surface area is 226 Å². The smallest absolute Gasteiger partial charge is 0.403 e. The third kappa shape index (κ3) is 4.74. The normalized spacial score (nSPS) is 20.0. The lowest BCUT2D eigenvalue weighted by atomic mass is 10.1. The van der Waals surface area contributed by atoms with E-state index in [0.717, 1.165) is 22.4 Å². The van der Waals surface area contributed by atoms with Gasteiger partial charge in [0.1, 0.15) is 23.4 Å². The van der Waals surface area contributed by atoms with Crippen LogP contribution in [0.4, 0.5) is 24.8 Å². The van der Waals surface area contributed by atoms with Gasteiger partial charge in [0.15, 0.2) is 11.9 Å². The van der Waals surface area contributed by atoms with Crippen LogP contribution in [0.15, 0.2) is 47.2 Å². The van der Waals surface area contributed by atoms with Crippen molar-refractivity contribution in [3.05, 3.63) is 58.5 Å². The molecule has 1 aliphatic rings. The predicted octanol–water partition coefficient (Wildman–Crippen LogP) is 1.33. The number of carbonyl (C=O) groups excluding carboxylic acids is 1. The van der Waals surface area contributed by atoms with Crippen molar-refractivity contribution in [3.8, 4) is 0 Å². The minimum absolute atomic E-state index is 0.0215. The molecule has 1 fully saturated rings. The minimum Gasteiger partial charge on any atom is -0.403 e. The Kier molecular flexibility index (Phi) is 6.72. The fourth-order valence-corrected chi connectivity index (χ4v) is 5.10. The van der Waals surface area contributed by atoms with Gasteiger partial charge in [0.05, 0.1) is 33.9 Å². The molecule has 0 saturated carbocycles. The van der Waals surface area contributed by atoms with Crippen LogP contribution in [0, 0.1) is 0 Å². The Hall–Kier alpha value is -4.48. The number of nitrogens with two attached hydrogens (primary N) is 3. The number of nitrogen functional groups attached to an aromatic ring is 1. The zero-order valence-electron chi connectivity index (χ0n) is 20.6. The Morgan fingerprint density at radius 2 is 2.08 bits per heavy atom. The number of nitrogens with zero attached hydrogens (tertiary/aromatic N) is 5. The number of rotatable bonds is 5. The number of aromatic amines is 1. The topological polar surface area (TPSA) is 204 Å². The highest BCUT2D eigenvalue weighted by Gasteiger charge is 2.41. The number of nitrogens with one attached hydrogen (secondary N) is 1. The molecule has 3 atom stereocenters. The maximum atomic E-state index is 13.4. The molecular formula is C23H22F3N9O4S. The number of carbonyl (C=O) groups is 1. The second-order valence-electron chi connectivity index (χ2n) is 8.93. The van der Waals surface area contributed by atoms with Gasteiger partial charge in [-0.05, 0) is 36.7 Å². The molecule has 3 unspecified atom stereocenters. The molecule has 0 spiro atoms. The minimum atomic E-state index is -4.78. The van der Waals surface area contributed by atoms with Crippen LogP contribution in [0.3, 0.4) is 0 Å². The lowest BCUT2D eigenvalue weighted by Crippen LogP contribution is -2.54. The van der Waals surface area contributed by atoms with Crippen LogP contribution in [0.1, 0.15) is 18.9 Å². The number of hydrogen-bond acceptors (Lipinski definition) is 11. The molecule has 3 aromatic heterocycles. The average Bonchev–Trinajstić information content (AvgIpc) is 3.54. The van der Waals surface area contributed by atoms with Gasteiger partial charge in [0.2, 0.25) is 0 Å². The third-order valence-corrected chi connectivity index (χ3v) is 7.07. The number of alkyl halides is 3. The summed E-state index contributed by atoms with van der Waals surface area (Å²) in [6.45, 7) is 1.67. The van der Waals surface area contributed by atoms with E-state index >= 15 is 0 Å². The monoisotopic (exact) mass is 577 g/mol. The number of hydrogen-bond donors (Lipinski definition) is 5. The van der Waals surface area contributed by atoms with Crippen molar-refractivity contribution < 1.29 is 27.8 Å². The summed E-state index contributed by atoms with van der Waals surface area (Å²) < 4.78 is 49.9. The van der Waals surface area contributed by atoms with E-state index in [1.807, 2.05) is 0 Å². The van der Waals surface area contributed by atoms with E-state index in [0.29, 0.717) is 21.7 Å². The molecule has 40 heavy (non-hydrogen) atoms. The first-order valence-electron chi connectivity index (χ1n) is 11.6. The van der Waals surface area contributed by atoms with Crippen LogP contribution in [-0.2, 0) is 9.53 Å². The van der Waals surface area contributed by atoms with Gasteiger partial charge in [-0.15, -0.1) is 5.10 Å². The van der Waals surface area contributed by atoms with Crippen LogP contribution >= 0.6 is 11.5 Å². The van der Waals surface area contributed by atoms with E-state index in [1.54, 1.807) is 19.1 Å². The Bertz CT molecular complexity index is 1740. The molecule has 0 bridgehead atoms. The number of halogens is 3. The van der Waals surface area contributed by atoms with Crippen molar-refractivity contribution in [2.24, 2.45) is 11.5 Å². The van der Waals surface area contributed by atoms with Crippen molar-refractivity contribution in [2.45, 2.75) is 31.4 Å². The van der Waals surface area contributed by atoms with Gasteiger partial charge >= 0.3 is 6.18 Å². The largest absolute Gasteiger partial charge is 0.430 e. The zero-order valence-corrected chi connectivity index (χ0v) is 21.4. The van der Waals surface area contributed by atoms with Gasteiger partial charge < -0.3 is 32.0 Å². The summed E-state index contributed by atoms with van der Waals surface area (Å²) in [5.41, 5.74) is 14.5. The highest BCUT2D eigenvalue weighted by atomic mass is 32.1. The van der Waals surface area contributed by atoms with E-state index in [4.69, 9.17) is 21.9 Å². The van der Waals surface area contributed by atoms with Gasteiger partial charge in [0, 0.05) is 23.8 Å². The molecule has 17 heteroatoms. The van der Waals surface area contributed by atoms with Gasteiger partial charge in [-0.2, -0.15) is 22.5 Å². The van der Waals surface area contributed by atoms with Crippen molar-refractivity contribution in [2.75, 3.05) is 17.2 Å². The number of aliphatic hydroxyl groups is 1. The van der Waals surface area contributed by atoms with E-state index in [1.165, 1.54) is 17.2 Å². The van der Waals surface area contributed by atoms with Crippen molar-refractivity contribution in [1.29, 1.82) is 0 Å². The molecule has 1 saturated heterocycles. The number of allylic oxidation sites excluding steroid dienone is 3. The van der Waals surface area contributed by atoms with Crippen molar-refractivity contribution in [3.63, 3.8) is 0 Å². The molecule has 0 radical (unpaired) electrons. The van der Waals surface area contributed by atoms with Gasteiger partial charge in [-0.1, -0.05) is 0 Å². The first kappa shape index (κ1) is 27.1. The molecule has 5 rings (SSSR count). The van der Waals surface area contributed by atoms with Crippen LogP contribution in [0.5, 0.6) is 0 Å². The fourth-order valence-electron chi connectivity index (χ4n) is 4.26. The lowest BCUT2D eigenvalue weighted by Gasteiger charge is -2.36. The molecule has 1 aliphatic heterocycles. The quantitative estimate of drug-likeness (QED) is 0.215. The van der Waals surface area contributed by atoms with Crippen LogP contribution in [0.25, 0.3) is 26.7 Å². The van der Waals surface area contributed by atoms with Crippen molar-refractivity contribution >= 4 is 55.8 Å². The second kappa shape index (κ2) is 9.92. The number of fused-ring (bicyclic) bond motifs is 3. The van der Waals surface area contributed by atoms with Crippen LogP contribution < -0.4 is 27.7 Å². The third-order valence-electron chi connectivity index (χ3n) is 6.18. The molecule has 210 valence electrons.